The third kappa shape index (κ3) is 3.45. The fourth-order valence-corrected chi connectivity index (χ4v) is 3.61. The smallest absolute Gasteiger partial charge is 0.160 e. The maximum absolute atomic E-state index is 14.5. The van der Waals surface area contributed by atoms with Crippen molar-refractivity contribution in [1.82, 2.24) is 19.9 Å². The van der Waals surface area contributed by atoms with E-state index in [0.29, 0.717) is 28.3 Å². The molecule has 0 unspecified atom stereocenters. The molecule has 0 saturated carbocycles. The van der Waals surface area contributed by atoms with Gasteiger partial charge in [0.15, 0.2) is 5.65 Å². The number of hydrogen-bond donors (Lipinski definition) is 2. The molecule has 4 heterocycles. The zero-order valence-corrected chi connectivity index (χ0v) is 16.8. The highest BCUT2D eigenvalue weighted by molar-refractivity contribution is 5.95. The van der Waals surface area contributed by atoms with E-state index in [9.17, 15) is 4.39 Å². The number of benzene rings is 1. The van der Waals surface area contributed by atoms with Gasteiger partial charge in [0.2, 0.25) is 0 Å². The fraction of sp³-hybridized carbons (Fsp3) is 0. The molecule has 3 N–H and O–H groups in total. The molecule has 6 nitrogen and oxygen atoms in total. The first kappa shape index (κ1) is 19.4. The minimum Gasteiger partial charge on any atom is -0.383 e. The van der Waals surface area contributed by atoms with Gasteiger partial charge in [0.1, 0.15) is 11.6 Å². The summed E-state index contributed by atoms with van der Waals surface area (Å²) in [6.07, 6.45) is 7.96. The summed E-state index contributed by atoms with van der Waals surface area (Å²) in [7, 11) is 0. The van der Waals surface area contributed by atoms with E-state index in [-0.39, 0.29) is 5.82 Å². The van der Waals surface area contributed by atoms with Crippen molar-refractivity contribution in [2.24, 2.45) is 0 Å². The van der Waals surface area contributed by atoms with Gasteiger partial charge >= 0.3 is 0 Å². The summed E-state index contributed by atoms with van der Waals surface area (Å²) in [5.41, 5.74) is 11.1. The number of nitrogen functional groups attached to an aromatic ring is 1. The van der Waals surface area contributed by atoms with E-state index in [0.717, 1.165) is 27.6 Å². The third-order valence-corrected chi connectivity index (χ3v) is 5.22. The average molecular weight is 420 g/mol. The number of pyridine rings is 4. The molecule has 0 aliphatic rings. The Morgan fingerprint density at radius 3 is 2.50 bits per heavy atom. The lowest BCUT2D eigenvalue weighted by molar-refractivity contribution is 0.631. The summed E-state index contributed by atoms with van der Waals surface area (Å²) in [6.45, 7) is 0. The predicted molar refractivity (Wildman–Crippen MR) is 124 cm³/mol. The van der Waals surface area contributed by atoms with Crippen molar-refractivity contribution in [2.45, 2.75) is 0 Å². The Morgan fingerprint density at radius 2 is 1.66 bits per heavy atom. The zero-order chi connectivity index (χ0) is 22.1. The van der Waals surface area contributed by atoms with Crippen LogP contribution in [-0.2, 0) is 0 Å². The van der Waals surface area contributed by atoms with Gasteiger partial charge in [0.05, 0.1) is 5.69 Å². The van der Waals surface area contributed by atoms with Gasteiger partial charge in [-0.3, -0.25) is 4.98 Å². The molecule has 0 radical (unpaired) electrons. The molecule has 1 aromatic carbocycles. The van der Waals surface area contributed by atoms with E-state index >= 15 is 0 Å². The molecule has 154 valence electrons. The van der Waals surface area contributed by atoms with E-state index in [4.69, 9.17) is 11.1 Å². The number of nitrogens with one attached hydrogen (secondary N) is 1. The number of rotatable bonds is 4. The van der Waals surface area contributed by atoms with Gasteiger partial charge in [-0.05, 0) is 48.0 Å². The van der Waals surface area contributed by atoms with Crippen molar-refractivity contribution in [3.05, 3.63) is 90.8 Å². The molecule has 0 spiro atoms. The van der Waals surface area contributed by atoms with Crippen LogP contribution < -0.4 is 5.73 Å². The number of nitrogens with two attached hydrogens (primary N) is 1. The van der Waals surface area contributed by atoms with Crippen LogP contribution in [-0.4, -0.2) is 26.2 Å². The molecule has 4 aromatic heterocycles. The van der Waals surface area contributed by atoms with Crippen LogP contribution in [0.15, 0.2) is 79.4 Å². The lowest BCUT2D eigenvalue weighted by Gasteiger charge is -2.11. The van der Waals surface area contributed by atoms with Crippen molar-refractivity contribution < 1.29 is 4.39 Å². The van der Waals surface area contributed by atoms with Gasteiger partial charge in [-0.1, -0.05) is 12.1 Å². The van der Waals surface area contributed by atoms with E-state index in [1.54, 1.807) is 49.1 Å². The van der Waals surface area contributed by atoms with Gasteiger partial charge in [0.25, 0.3) is 0 Å². The molecule has 5 rings (SSSR count). The van der Waals surface area contributed by atoms with Crippen molar-refractivity contribution >= 4 is 23.1 Å². The van der Waals surface area contributed by atoms with Crippen LogP contribution in [0.2, 0.25) is 0 Å². The number of anilines is 1. The average Bonchev–Trinajstić information content (AvgIpc) is 2.84. The van der Waals surface area contributed by atoms with Gasteiger partial charge in [-0.15, -0.1) is 0 Å². The van der Waals surface area contributed by atoms with Crippen LogP contribution in [0.5, 0.6) is 0 Å². The molecule has 0 aliphatic carbocycles. The van der Waals surface area contributed by atoms with Crippen molar-refractivity contribution in [2.75, 3.05) is 5.73 Å². The molecule has 0 atom stereocenters. The fourth-order valence-electron chi connectivity index (χ4n) is 3.61. The van der Waals surface area contributed by atoms with Crippen LogP contribution >= 0.6 is 0 Å². The Morgan fingerprint density at radius 1 is 0.844 bits per heavy atom. The first-order chi connectivity index (χ1) is 15.6. The van der Waals surface area contributed by atoms with Crippen molar-refractivity contribution in [1.29, 1.82) is 5.41 Å². The Kier molecular flexibility index (Phi) is 4.84. The standard InChI is InChI=1S/C25H17FN6/c26-22-6-2-1-4-20(22)23-10-21(19-5-3-7-30-25(19)32-23)18-9-16(12-29-13-18)17-8-15(11-27)24(28)31-14-17/h1-14,27H,(H2,28,31). The Bertz CT molecular complexity index is 1480. The second kappa shape index (κ2) is 7.96. The highest BCUT2D eigenvalue weighted by atomic mass is 19.1. The molecular formula is C25H17FN6. The highest BCUT2D eigenvalue weighted by Crippen LogP contribution is 2.33. The van der Waals surface area contributed by atoms with Crippen LogP contribution in [0, 0.1) is 11.2 Å². The molecule has 5 aromatic rings. The molecule has 0 aliphatic heterocycles. The lowest BCUT2D eigenvalue weighted by atomic mass is 9.98. The Labute approximate surface area is 183 Å². The van der Waals surface area contributed by atoms with Gasteiger partial charge in [0, 0.05) is 64.2 Å². The number of fused-ring (bicyclic) bond motifs is 1. The quantitative estimate of drug-likeness (QED) is 0.392. The SMILES string of the molecule is N=Cc1cc(-c2cncc(-c3cc(-c4ccccc4F)nc4ncccc34)c2)cnc1N. The molecule has 0 bridgehead atoms. The first-order valence-corrected chi connectivity index (χ1v) is 9.86. The van der Waals surface area contributed by atoms with E-state index in [2.05, 4.69) is 19.9 Å². The summed E-state index contributed by atoms with van der Waals surface area (Å²) < 4.78 is 14.5. The van der Waals surface area contributed by atoms with Crippen LogP contribution in [0.25, 0.3) is 44.5 Å². The third-order valence-electron chi connectivity index (χ3n) is 5.22. The second-order valence-electron chi connectivity index (χ2n) is 7.21. The largest absolute Gasteiger partial charge is 0.383 e. The summed E-state index contributed by atoms with van der Waals surface area (Å²) in [5.74, 6) is -0.0474. The highest BCUT2D eigenvalue weighted by Gasteiger charge is 2.14. The predicted octanol–water partition coefficient (Wildman–Crippen LogP) is 5.14. The minimum atomic E-state index is -0.347. The molecule has 0 amide bonds. The summed E-state index contributed by atoms with van der Waals surface area (Å²) in [6, 6.07) is 15.9. The number of halogens is 1. The van der Waals surface area contributed by atoms with E-state index in [1.807, 2.05) is 24.3 Å². The normalized spacial score (nSPS) is 10.9. The summed E-state index contributed by atoms with van der Waals surface area (Å²) >= 11 is 0. The van der Waals surface area contributed by atoms with Crippen LogP contribution in [0.4, 0.5) is 10.2 Å². The molecular weight excluding hydrogens is 403 g/mol. The summed E-state index contributed by atoms with van der Waals surface area (Å²) in [4.78, 5) is 17.6. The molecule has 7 heteroatoms. The number of nitrogens with zero attached hydrogens (tertiary/aromatic N) is 4. The second-order valence-corrected chi connectivity index (χ2v) is 7.21. The Balaban J connectivity index is 1.71. The maximum Gasteiger partial charge on any atom is 0.160 e. The number of hydrogen-bond acceptors (Lipinski definition) is 6. The summed E-state index contributed by atoms with van der Waals surface area (Å²) in [5, 5.41) is 8.36. The van der Waals surface area contributed by atoms with Gasteiger partial charge in [-0.25, -0.2) is 19.3 Å². The van der Waals surface area contributed by atoms with Crippen molar-refractivity contribution in [3.63, 3.8) is 0 Å². The van der Waals surface area contributed by atoms with Crippen LogP contribution in [0.3, 0.4) is 0 Å². The monoisotopic (exact) mass is 420 g/mol. The van der Waals surface area contributed by atoms with Crippen LogP contribution in [0.1, 0.15) is 5.56 Å². The molecule has 32 heavy (non-hydrogen) atoms. The van der Waals surface area contributed by atoms with E-state index < -0.39 is 0 Å². The van der Waals surface area contributed by atoms with Gasteiger partial charge in [-0.2, -0.15) is 0 Å². The Hall–Kier alpha value is -4.52. The molecule has 0 saturated heterocycles. The minimum absolute atomic E-state index is 0.300. The van der Waals surface area contributed by atoms with Gasteiger partial charge < -0.3 is 11.1 Å². The molecule has 0 fully saturated rings. The van der Waals surface area contributed by atoms with Crippen molar-refractivity contribution in [3.8, 4) is 33.5 Å². The zero-order valence-electron chi connectivity index (χ0n) is 16.8. The first-order valence-electron chi connectivity index (χ1n) is 9.86. The maximum atomic E-state index is 14.5. The van der Waals surface area contributed by atoms with E-state index in [1.165, 1.54) is 12.3 Å². The lowest BCUT2D eigenvalue weighted by Crippen LogP contribution is -1.97. The topological polar surface area (TPSA) is 101 Å². The number of aromatic nitrogens is 4.